The Kier molecular flexibility index (Phi) is 6.30. The van der Waals surface area contributed by atoms with Gasteiger partial charge in [-0.1, -0.05) is 20.8 Å². The molecule has 2 N–H and O–H groups in total. The lowest BCUT2D eigenvalue weighted by Gasteiger charge is -2.38. The van der Waals surface area contributed by atoms with Crippen LogP contribution in [0.3, 0.4) is 0 Å². The molecule has 5 nitrogen and oxygen atoms in total. The monoisotopic (exact) mass is 284 g/mol. The molecule has 116 valence electrons. The molecule has 5 heteroatoms. The third-order valence-corrected chi connectivity index (χ3v) is 4.16. The van der Waals surface area contributed by atoms with Crippen LogP contribution in [0.4, 0.5) is 4.79 Å². The van der Waals surface area contributed by atoms with Gasteiger partial charge in [-0.05, 0) is 44.4 Å². The molecule has 0 unspecified atom stereocenters. The topological polar surface area (TPSA) is 69.6 Å². The molecule has 0 aliphatic heterocycles. The maximum Gasteiger partial charge on any atom is 0.329 e. The average molecular weight is 284 g/mol. The fourth-order valence-electron chi connectivity index (χ4n) is 2.79. The van der Waals surface area contributed by atoms with E-state index in [9.17, 15) is 14.7 Å². The quantitative estimate of drug-likeness (QED) is 0.788. The first-order valence-electron chi connectivity index (χ1n) is 7.75. The number of rotatable bonds is 6. The van der Waals surface area contributed by atoms with Crippen molar-refractivity contribution in [1.29, 1.82) is 0 Å². The molecule has 0 aromatic heterocycles. The van der Waals surface area contributed by atoms with Gasteiger partial charge in [-0.15, -0.1) is 0 Å². The van der Waals surface area contributed by atoms with Gasteiger partial charge in [-0.2, -0.15) is 0 Å². The molecule has 0 aromatic carbocycles. The van der Waals surface area contributed by atoms with Crippen molar-refractivity contribution < 1.29 is 14.7 Å². The van der Waals surface area contributed by atoms with Gasteiger partial charge in [-0.25, -0.2) is 9.59 Å². The molecule has 1 fully saturated rings. The van der Waals surface area contributed by atoms with E-state index >= 15 is 0 Å². The summed E-state index contributed by atoms with van der Waals surface area (Å²) in [4.78, 5) is 25.7. The van der Waals surface area contributed by atoms with Gasteiger partial charge in [0.2, 0.25) is 0 Å². The highest BCUT2D eigenvalue weighted by molar-refractivity contribution is 5.86. The number of urea groups is 1. The van der Waals surface area contributed by atoms with Crippen LogP contribution in [0.1, 0.15) is 59.3 Å². The second-order valence-corrected chi connectivity index (χ2v) is 5.99. The second kappa shape index (κ2) is 7.50. The Labute approximate surface area is 121 Å². The SMILES string of the molecule is CCCN(CCC)C(=O)NC1(C(=O)O)CCC(C)CC1. The number of carbonyl (C=O) groups excluding carboxylic acids is 1. The van der Waals surface area contributed by atoms with Gasteiger partial charge in [-0.3, -0.25) is 0 Å². The number of aliphatic carboxylic acids is 1. The van der Waals surface area contributed by atoms with Gasteiger partial charge in [0.1, 0.15) is 5.54 Å². The van der Waals surface area contributed by atoms with Crippen LogP contribution < -0.4 is 5.32 Å². The minimum absolute atomic E-state index is 0.231. The smallest absolute Gasteiger partial charge is 0.329 e. The summed E-state index contributed by atoms with van der Waals surface area (Å²) in [6.45, 7) is 7.52. The largest absolute Gasteiger partial charge is 0.480 e. The zero-order valence-electron chi connectivity index (χ0n) is 12.9. The van der Waals surface area contributed by atoms with Crippen LogP contribution in [0.2, 0.25) is 0 Å². The third kappa shape index (κ3) is 4.12. The van der Waals surface area contributed by atoms with E-state index in [1.54, 1.807) is 4.90 Å². The highest BCUT2D eigenvalue weighted by atomic mass is 16.4. The first-order valence-corrected chi connectivity index (χ1v) is 7.75. The Morgan fingerprint density at radius 1 is 1.20 bits per heavy atom. The van der Waals surface area contributed by atoms with E-state index in [2.05, 4.69) is 12.2 Å². The molecule has 1 saturated carbocycles. The Morgan fingerprint density at radius 2 is 1.70 bits per heavy atom. The fraction of sp³-hybridized carbons (Fsp3) is 0.867. The molecule has 20 heavy (non-hydrogen) atoms. The minimum atomic E-state index is -1.07. The molecular weight excluding hydrogens is 256 g/mol. The molecular formula is C15H28N2O3. The van der Waals surface area contributed by atoms with Gasteiger partial charge >= 0.3 is 12.0 Å². The van der Waals surface area contributed by atoms with Gasteiger partial charge in [0, 0.05) is 13.1 Å². The number of hydrogen-bond acceptors (Lipinski definition) is 2. The molecule has 0 aromatic rings. The fourth-order valence-corrected chi connectivity index (χ4v) is 2.79. The van der Waals surface area contributed by atoms with Crippen molar-refractivity contribution in [2.24, 2.45) is 5.92 Å². The minimum Gasteiger partial charge on any atom is -0.480 e. The number of carboxylic acid groups (broad SMARTS) is 1. The van der Waals surface area contributed by atoms with E-state index in [0.717, 1.165) is 25.7 Å². The summed E-state index contributed by atoms with van der Waals surface area (Å²) in [5, 5.41) is 12.3. The predicted molar refractivity (Wildman–Crippen MR) is 78.7 cm³/mol. The summed E-state index contributed by atoms with van der Waals surface area (Å²) < 4.78 is 0. The molecule has 0 heterocycles. The summed E-state index contributed by atoms with van der Waals surface area (Å²) in [5.41, 5.74) is -1.07. The maximum absolute atomic E-state index is 12.3. The van der Waals surface area contributed by atoms with E-state index in [1.807, 2.05) is 13.8 Å². The number of nitrogens with one attached hydrogen (secondary N) is 1. The molecule has 0 spiro atoms. The number of carboxylic acids is 1. The lowest BCUT2D eigenvalue weighted by Crippen LogP contribution is -2.59. The van der Waals surface area contributed by atoms with Crippen LogP contribution in [0.5, 0.6) is 0 Å². The summed E-state index contributed by atoms with van der Waals surface area (Å²) in [6.07, 6.45) is 4.53. The Bertz CT molecular complexity index is 330. The lowest BCUT2D eigenvalue weighted by molar-refractivity contribution is -0.146. The Hall–Kier alpha value is -1.26. The lowest BCUT2D eigenvalue weighted by atomic mass is 9.77. The van der Waals surface area contributed by atoms with Crippen LogP contribution in [0.15, 0.2) is 0 Å². The molecule has 1 rings (SSSR count). The van der Waals surface area contributed by atoms with Gasteiger partial charge in [0.15, 0.2) is 0 Å². The van der Waals surface area contributed by atoms with Crippen molar-refractivity contribution in [3.8, 4) is 0 Å². The summed E-state index contributed by atoms with van der Waals surface area (Å²) in [6, 6.07) is -0.231. The number of amides is 2. The van der Waals surface area contributed by atoms with E-state index in [1.165, 1.54) is 0 Å². The van der Waals surface area contributed by atoms with Crippen molar-refractivity contribution in [2.75, 3.05) is 13.1 Å². The van der Waals surface area contributed by atoms with Gasteiger partial charge in [0.25, 0.3) is 0 Å². The predicted octanol–water partition coefficient (Wildman–Crippen LogP) is 2.85. The second-order valence-electron chi connectivity index (χ2n) is 5.99. The molecule has 1 aliphatic carbocycles. The summed E-state index contributed by atoms with van der Waals surface area (Å²) in [5.74, 6) is -0.354. The van der Waals surface area contributed by atoms with Crippen molar-refractivity contribution in [1.82, 2.24) is 10.2 Å². The molecule has 1 aliphatic rings. The van der Waals surface area contributed by atoms with E-state index in [-0.39, 0.29) is 6.03 Å². The molecule has 2 amide bonds. The molecule has 0 saturated heterocycles. The van der Waals surface area contributed by atoms with E-state index < -0.39 is 11.5 Å². The molecule has 0 radical (unpaired) electrons. The van der Waals surface area contributed by atoms with Gasteiger partial charge < -0.3 is 15.3 Å². The highest BCUT2D eigenvalue weighted by Crippen LogP contribution is 2.32. The van der Waals surface area contributed by atoms with Crippen LogP contribution in [-0.4, -0.2) is 40.6 Å². The standard InChI is InChI=1S/C15H28N2O3/c1-4-10-17(11-5-2)14(20)16-15(13(18)19)8-6-12(3)7-9-15/h12H,4-11H2,1-3H3,(H,16,20)(H,18,19). The number of nitrogens with zero attached hydrogens (tertiary/aromatic N) is 1. The van der Waals surface area contributed by atoms with Gasteiger partial charge in [0.05, 0.1) is 0 Å². The first kappa shape index (κ1) is 16.8. The normalized spacial score (nSPS) is 26.1. The van der Waals surface area contributed by atoms with Crippen molar-refractivity contribution in [2.45, 2.75) is 64.8 Å². The highest BCUT2D eigenvalue weighted by Gasteiger charge is 2.43. The summed E-state index contributed by atoms with van der Waals surface area (Å²) in [7, 11) is 0. The zero-order valence-corrected chi connectivity index (χ0v) is 12.9. The Balaban J connectivity index is 2.74. The van der Waals surface area contributed by atoms with Crippen molar-refractivity contribution >= 4 is 12.0 Å². The molecule has 0 atom stereocenters. The number of carbonyl (C=O) groups is 2. The average Bonchev–Trinajstić information content (AvgIpc) is 2.41. The summed E-state index contributed by atoms with van der Waals surface area (Å²) >= 11 is 0. The van der Waals surface area contributed by atoms with Crippen molar-refractivity contribution in [3.63, 3.8) is 0 Å². The van der Waals surface area contributed by atoms with Crippen LogP contribution in [0, 0.1) is 5.92 Å². The van der Waals surface area contributed by atoms with E-state index in [4.69, 9.17) is 0 Å². The van der Waals surface area contributed by atoms with Crippen LogP contribution >= 0.6 is 0 Å². The van der Waals surface area contributed by atoms with Crippen LogP contribution in [0.25, 0.3) is 0 Å². The maximum atomic E-state index is 12.3. The van der Waals surface area contributed by atoms with Crippen LogP contribution in [-0.2, 0) is 4.79 Å². The Morgan fingerprint density at radius 3 is 2.10 bits per heavy atom. The molecule has 0 bridgehead atoms. The third-order valence-electron chi connectivity index (χ3n) is 4.16. The zero-order chi connectivity index (χ0) is 15.2. The number of hydrogen-bond donors (Lipinski definition) is 2. The first-order chi connectivity index (χ1) is 9.45. The van der Waals surface area contributed by atoms with Crippen molar-refractivity contribution in [3.05, 3.63) is 0 Å². The van der Waals surface area contributed by atoms with E-state index in [0.29, 0.717) is 31.8 Å².